The zero-order valence-electron chi connectivity index (χ0n) is 20.1. The molecule has 5 aromatic rings. The highest BCUT2D eigenvalue weighted by Crippen LogP contribution is 2.36. The third-order valence-electron chi connectivity index (χ3n) is 6.45. The Labute approximate surface area is 200 Å². The second-order valence-electron chi connectivity index (χ2n) is 9.36. The number of rotatable bonds is 8. The minimum Gasteiger partial charge on any atom is -0.491 e. The molecule has 0 spiro atoms. The summed E-state index contributed by atoms with van der Waals surface area (Å²) in [6, 6.07) is 25.7. The Kier molecular flexibility index (Phi) is 6.10. The monoisotopic (exact) mass is 450 g/mol. The van der Waals surface area contributed by atoms with Gasteiger partial charge in [0.15, 0.2) is 0 Å². The largest absolute Gasteiger partial charge is 0.491 e. The maximum atomic E-state index is 12.4. The summed E-state index contributed by atoms with van der Waals surface area (Å²) in [5.74, 6) is 0.719. The van der Waals surface area contributed by atoms with E-state index in [0.717, 1.165) is 29.7 Å². The van der Waals surface area contributed by atoms with E-state index in [1.807, 2.05) is 39.0 Å². The van der Waals surface area contributed by atoms with Gasteiger partial charge in [0.1, 0.15) is 12.4 Å². The Morgan fingerprint density at radius 3 is 2.29 bits per heavy atom. The molecule has 0 unspecified atom stereocenters. The van der Waals surface area contributed by atoms with Crippen LogP contribution in [0.2, 0.25) is 0 Å². The van der Waals surface area contributed by atoms with E-state index in [2.05, 4.69) is 54.6 Å². The molecule has 0 heterocycles. The van der Waals surface area contributed by atoms with Crippen molar-refractivity contribution in [3.8, 4) is 5.75 Å². The predicted octanol–water partition coefficient (Wildman–Crippen LogP) is 7.75. The van der Waals surface area contributed by atoms with Crippen molar-refractivity contribution < 1.29 is 14.3 Å². The first-order chi connectivity index (χ1) is 16.5. The molecule has 0 aromatic heterocycles. The average Bonchev–Trinajstić information content (AvgIpc) is 2.83. The van der Waals surface area contributed by atoms with Gasteiger partial charge < -0.3 is 9.47 Å². The predicted molar refractivity (Wildman–Crippen MR) is 140 cm³/mol. The fourth-order valence-electron chi connectivity index (χ4n) is 4.86. The summed E-state index contributed by atoms with van der Waals surface area (Å²) in [5, 5.41) is 7.76. The van der Waals surface area contributed by atoms with Gasteiger partial charge in [-0.1, -0.05) is 60.7 Å². The van der Waals surface area contributed by atoms with Gasteiger partial charge in [0.25, 0.3) is 0 Å². The number of hydrogen-bond acceptors (Lipinski definition) is 3. The van der Waals surface area contributed by atoms with E-state index in [-0.39, 0.29) is 12.1 Å². The molecule has 0 aliphatic rings. The molecule has 0 aliphatic carbocycles. The van der Waals surface area contributed by atoms with E-state index >= 15 is 0 Å². The van der Waals surface area contributed by atoms with Crippen molar-refractivity contribution in [2.75, 3.05) is 0 Å². The van der Waals surface area contributed by atoms with Gasteiger partial charge in [-0.25, -0.2) is 0 Å². The lowest BCUT2D eigenvalue weighted by Crippen LogP contribution is -2.08. The van der Waals surface area contributed by atoms with Crippen molar-refractivity contribution in [3.63, 3.8) is 0 Å². The van der Waals surface area contributed by atoms with Crippen LogP contribution in [-0.4, -0.2) is 12.1 Å². The van der Waals surface area contributed by atoms with Gasteiger partial charge in [0.05, 0.1) is 6.10 Å². The number of benzene rings is 5. The SMILES string of the molecule is Cc1cc(COC(=O)CCCc2ccc3ccc4cccc5ccc2c3c45)ccc1OC(C)C. The molecular weight excluding hydrogens is 420 g/mol. The van der Waals surface area contributed by atoms with Gasteiger partial charge >= 0.3 is 5.97 Å². The molecule has 3 heteroatoms. The molecule has 0 radical (unpaired) electrons. The molecule has 0 fully saturated rings. The smallest absolute Gasteiger partial charge is 0.306 e. The normalized spacial score (nSPS) is 11.6. The van der Waals surface area contributed by atoms with Crippen LogP contribution < -0.4 is 4.74 Å². The lowest BCUT2D eigenvalue weighted by Gasteiger charge is -2.14. The van der Waals surface area contributed by atoms with Gasteiger partial charge in [-0.3, -0.25) is 4.79 Å². The van der Waals surface area contributed by atoms with Crippen molar-refractivity contribution >= 4 is 38.3 Å². The minimum absolute atomic E-state index is 0.135. The van der Waals surface area contributed by atoms with E-state index in [1.54, 1.807) is 0 Å². The van der Waals surface area contributed by atoms with E-state index in [4.69, 9.17) is 9.47 Å². The first-order valence-corrected chi connectivity index (χ1v) is 12.1. The summed E-state index contributed by atoms with van der Waals surface area (Å²) in [7, 11) is 0. The van der Waals surface area contributed by atoms with Crippen LogP contribution >= 0.6 is 0 Å². The van der Waals surface area contributed by atoms with Crippen molar-refractivity contribution in [2.45, 2.75) is 52.7 Å². The Morgan fingerprint density at radius 2 is 1.56 bits per heavy atom. The standard InChI is InChI=1S/C31H30O3/c1-20(2)34-28-17-10-22(18-21(28)3)19-33-29(32)9-5-6-23-11-12-26-14-13-24-7-4-8-25-15-16-27(23)31(26)30(24)25/h4,7-8,10-18,20H,5-6,9,19H2,1-3H3. The Bertz CT molecular complexity index is 1450. The number of ether oxygens (including phenoxy) is 2. The van der Waals surface area contributed by atoms with Crippen LogP contribution in [0.1, 0.15) is 43.4 Å². The second kappa shape index (κ2) is 9.34. The van der Waals surface area contributed by atoms with Crippen molar-refractivity contribution in [2.24, 2.45) is 0 Å². The molecular formula is C31H30O3. The van der Waals surface area contributed by atoms with Crippen LogP contribution in [0.3, 0.4) is 0 Å². The first-order valence-electron chi connectivity index (χ1n) is 12.1. The van der Waals surface area contributed by atoms with E-state index in [0.29, 0.717) is 13.0 Å². The van der Waals surface area contributed by atoms with Gasteiger partial charge in [-0.2, -0.15) is 0 Å². The summed E-state index contributed by atoms with van der Waals surface area (Å²) < 4.78 is 11.3. The Morgan fingerprint density at radius 1 is 0.853 bits per heavy atom. The molecule has 0 N–H and O–H groups in total. The van der Waals surface area contributed by atoms with Gasteiger partial charge in [0.2, 0.25) is 0 Å². The molecule has 5 rings (SSSR count). The van der Waals surface area contributed by atoms with E-state index < -0.39 is 0 Å². The van der Waals surface area contributed by atoms with Crippen LogP contribution in [0, 0.1) is 6.92 Å². The van der Waals surface area contributed by atoms with Gasteiger partial charge in [-0.05, 0) is 94.8 Å². The highest BCUT2D eigenvalue weighted by atomic mass is 16.5. The third kappa shape index (κ3) is 4.43. The van der Waals surface area contributed by atoms with E-state index in [1.165, 1.54) is 37.9 Å². The molecule has 0 saturated carbocycles. The highest BCUT2D eigenvalue weighted by molar-refractivity contribution is 6.23. The summed E-state index contributed by atoms with van der Waals surface area (Å²) >= 11 is 0. The number of carbonyl (C=O) groups excluding carboxylic acids is 1. The molecule has 0 aliphatic heterocycles. The summed E-state index contributed by atoms with van der Waals surface area (Å²) in [6.07, 6.45) is 2.16. The van der Waals surface area contributed by atoms with Gasteiger partial charge in [-0.15, -0.1) is 0 Å². The first kappa shape index (κ1) is 22.2. The summed E-state index contributed by atoms with van der Waals surface area (Å²) in [4.78, 5) is 12.4. The maximum absolute atomic E-state index is 12.4. The second-order valence-corrected chi connectivity index (χ2v) is 9.36. The molecule has 3 nitrogen and oxygen atoms in total. The zero-order chi connectivity index (χ0) is 23.7. The van der Waals surface area contributed by atoms with E-state index in [9.17, 15) is 4.79 Å². The number of aryl methyl sites for hydroxylation is 2. The average molecular weight is 451 g/mol. The molecule has 0 bridgehead atoms. The van der Waals surface area contributed by atoms with Crippen molar-refractivity contribution in [3.05, 3.63) is 89.5 Å². The maximum Gasteiger partial charge on any atom is 0.306 e. The minimum atomic E-state index is -0.155. The fraction of sp³-hybridized carbons (Fsp3) is 0.258. The Balaban J connectivity index is 1.22. The van der Waals surface area contributed by atoms with Gasteiger partial charge in [0, 0.05) is 6.42 Å². The lowest BCUT2D eigenvalue weighted by atomic mass is 9.90. The molecule has 0 atom stereocenters. The molecule has 0 saturated heterocycles. The third-order valence-corrected chi connectivity index (χ3v) is 6.45. The molecule has 0 amide bonds. The van der Waals surface area contributed by atoms with Crippen molar-refractivity contribution in [1.82, 2.24) is 0 Å². The summed E-state index contributed by atoms with van der Waals surface area (Å²) in [6.45, 7) is 6.33. The zero-order valence-corrected chi connectivity index (χ0v) is 20.1. The molecule has 172 valence electrons. The quantitative estimate of drug-likeness (QED) is 0.179. The summed E-state index contributed by atoms with van der Waals surface area (Å²) in [5.41, 5.74) is 3.32. The fourth-order valence-corrected chi connectivity index (χ4v) is 4.86. The number of hydrogen-bond donors (Lipinski definition) is 0. The van der Waals surface area contributed by atoms with Crippen LogP contribution in [0.15, 0.2) is 72.8 Å². The van der Waals surface area contributed by atoms with Crippen LogP contribution in [0.25, 0.3) is 32.3 Å². The highest BCUT2D eigenvalue weighted by Gasteiger charge is 2.12. The number of esters is 1. The number of carbonyl (C=O) groups is 1. The van der Waals surface area contributed by atoms with Crippen LogP contribution in [0.4, 0.5) is 0 Å². The van der Waals surface area contributed by atoms with Crippen molar-refractivity contribution in [1.29, 1.82) is 0 Å². The topological polar surface area (TPSA) is 35.5 Å². The van der Waals surface area contributed by atoms with Crippen LogP contribution in [-0.2, 0) is 22.6 Å². The molecule has 34 heavy (non-hydrogen) atoms. The molecule has 5 aromatic carbocycles. The Hall–Kier alpha value is -3.59. The van der Waals surface area contributed by atoms with Crippen LogP contribution in [0.5, 0.6) is 5.75 Å². The lowest BCUT2D eigenvalue weighted by molar-refractivity contribution is -0.145.